The molecule has 0 atom stereocenters. The van der Waals surface area contributed by atoms with E-state index in [1.807, 2.05) is 0 Å². The van der Waals surface area contributed by atoms with E-state index in [0.29, 0.717) is 17.1 Å². The molecule has 14 heavy (non-hydrogen) atoms. The third-order valence-electron chi connectivity index (χ3n) is 1.53. The second-order valence-electron chi connectivity index (χ2n) is 2.55. The lowest BCUT2D eigenvalue weighted by Crippen LogP contribution is -1.92. The van der Waals surface area contributed by atoms with E-state index in [0.717, 1.165) is 6.29 Å². The van der Waals surface area contributed by atoms with Crippen LogP contribution in [0.25, 0.3) is 0 Å². The molecule has 0 saturated carbocycles. The number of ether oxygens (including phenoxy) is 2. The van der Waals surface area contributed by atoms with Crippen molar-refractivity contribution < 1.29 is 19.4 Å². The lowest BCUT2D eigenvalue weighted by molar-refractivity contribution is 0.112. The average Bonchev–Trinajstić information content (AvgIpc) is 2.65. The molecule has 0 fully saturated rings. The van der Waals surface area contributed by atoms with Crippen LogP contribution in [0.1, 0.15) is 17.3 Å². The van der Waals surface area contributed by atoms with Crippen LogP contribution in [0.4, 0.5) is 0 Å². The van der Waals surface area contributed by atoms with Crippen molar-refractivity contribution in [3.8, 4) is 11.5 Å². The van der Waals surface area contributed by atoms with Crippen LogP contribution in [-0.4, -0.2) is 24.8 Å². The van der Waals surface area contributed by atoms with Crippen LogP contribution in [0.3, 0.4) is 0 Å². The zero-order valence-electron chi connectivity index (χ0n) is 7.90. The summed E-state index contributed by atoms with van der Waals surface area (Å²) >= 11 is 0. The molecule has 0 spiro atoms. The Balaban J connectivity index is 0.000000293. The summed E-state index contributed by atoms with van der Waals surface area (Å²) in [5.74, 6) is 1.35. The fourth-order valence-corrected chi connectivity index (χ4v) is 0.986. The zero-order valence-corrected chi connectivity index (χ0v) is 7.90. The summed E-state index contributed by atoms with van der Waals surface area (Å²) in [7, 11) is 0. The second-order valence-corrected chi connectivity index (χ2v) is 2.55. The first kappa shape index (κ1) is 10.5. The van der Waals surface area contributed by atoms with Gasteiger partial charge in [0, 0.05) is 12.2 Å². The Hall–Kier alpha value is -1.55. The Kier molecular flexibility index (Phi) is 3.94. The van der Waals surface area contributed by atoms with Gasteiger partial charge in [-0.3, -0.25) is 4.79 Å². The third-order valence-corrected chi connectivity index (χ3v) is 1.53. The number of hydrogen-bond donors (Lipinski definition) is 1. The number of aldehydes is 1. The van der Waals surface area contributed by atoms with E-state index in [1.54, 1.807) is 25.1 Å². The summed E-state index contributed by atoms with van der Waals surface area (Å²) in [6, 6.07) is 5.09. The minimum absolute atomic E-state index is 0.248. The van der Waals surface area contributed by atoms with Crippen LogP contribution in [0.15, 0.2) is 18.2 Å². The second kappa shape index (κ2) is 5.24. The maximum Gasteiger partial charge on any atom is 0.231 e. The molecule has 0 bridgehead atoms. The van der Waals surface area contributed by atoms with Crippen LogP contribution < -0.4 is 9.47 Å². The van der Waals surface area contributed by atoms with Gasteiger partial charge in [0.25, 0.3) is 0 Å². The topological polar surface area (TPSA) is 55.8 Å². The van der Waals surface area contributed by atoms with Crippen molar-refractivity contribution in [3.05, 3.63) is 23.8 Å². The lowest BCUT2D eigenvalue weighted by atomic mass is 10.2. The summed E-state index contributed by atoms with van der Waals surface area (Å²) in [4.78, 5) is 10.3. The number of aliphatic hydroxyl groups is 1. The first-order valence-electron chi connectivity index (χ1n) is 4.27. The van der Waals surface area contributed by atoms with Crippen LogP contribution in [0.2, 0.25) is 0 Å². The van der Waals surface area contributed by atoms with Crippen LogP contribution in [0.5, 0.6) is 11.5 Å². The highest BCUT2D eigenvalue weighted by Crippen LogP contribution is 2.31. The number of fused-ring (bicyclic) bond motifs is 1. The van der Waals surface area contributed by atoms with Crippen molar-refractivity contribution in [2.75, 3.05) is 13.4 Å². The first-order valence-corrected chi connectivity index (χ1v) is 4.27. The maximum atomic E-state index is 10.3. The summed E-state index contributed by atoms with van der Waals surface area (Å²) in [5.41, 5.74) is 0.606. The van der Waals surface area contributed by atoms with Crippen LogP contribution in [0, 0.1) is 0 Å². The average molecular weight is 196 g/mol. The predicted octanol–water partition coefficient (Wildman–Crippen LogP) is 1.23. The van der Waals surface area contributed by atoms with Gasteiger partial charge in [-0.2, -0.15) is 0 Å². The molecule has 1 aromatic carbocycles. The standard InChI is InChI=1S/C8H6O3.C2H6O/c9-4-6-1-2-7-8(3-6)11-5-10-7;1-2-3/h1-4H,5H2;3H,2H2,1H3. The third kappa shape index (κ3) is 2.47. The number of carbonyl (C=O) groups excluding carboxylic acids is 1. The summed E-state index contributed by atoms with van der Waals surface area (Å²) < 4.78 is 10.1. The molecule has 0 aliphatic carbocycles. The first-order chi connectivity index (χ1) is 6.81. The van der Waals surface area contributed by atoms with E-state index in [-0.39, 0.29) is 13.4 Å². The van der Waals surface area contributed by atoms with Gasteiger partial charge in [-0.15, -0.1) is 0 Å². The molecular formula is C10H12O4. The predicted molar refractivity (Wildman–Crippen MR) is 50.7 cm³/mol. The molecule has 0 unspecified atom stereocenters. The smallest absolute Gasteiger partial charge is 0.231 e. The zero-order chi connectivity index (χ0) is 10.4. The van der Waals surface area contributed by atoms with E-state index in [4.69, 9.17) is 14.6 Å². The minimum atomic E-state index is 0.248. The van der Waals surface area contributed by atoms with Crippen molar-refractivity contribution in [1.29, 1.82) is 0 Å². The minimum Gasteiger partial charge on any atom is -0.454 e. The van der Waals surface area contributed by atoms with Gasteiger partial charge < -0.3 is 14.6 Å². The Morgan fingerprint density at radius 2 is 2.07 bits per heavy atom. The number of rotatable bonds is 1. The highest BCUT2D eigenvalue weighted by molar-refractivity contribution is 5.76. The summed E-state index contributed by atoms with van der Waals surface area (Å²) in [5, 5.41) is 7.57. The van der Waals surface area contributed by atoms with Crippen molar-refractivity contribution in [3.63, 3.8) is 0 Å². The number of aliphatic hydroxyl groups excluding tert-OH is 1. The van der Waals surface area contributed by atoms with Gasteiger partial charge in [0.2, 0.25) is 6.79 Å². The van der Waals surface area contributed by atoms with Gasteiger partial charge >= 0.3 is 0 Å². The fourth-order valence-electron chi connectivity index (χ4n) is 0.986. The summed E-state index contributed by atoms with van der Waals surface area (Å²) in [6.45, 7) is 2.18. The Morgan fingerprint density at radius 1 is 1.43 bits per heavy atom. The molecule has 1 heterocycles. The van der Waals surface area contributed by atoms with Crippen molar-refractivity contribution in [2.45, 2.75) is 6.92 Å². The van der Waals surface area contributed by atoms with Crippen LogP contribution in [-0.2, 0) is 0 Å². The SMILES string of the molecule is CCO.O=Cc1ccc2c(c1)OCO2. The molecule has 4 nitrogen and oxygen atoms in total. The number of benzene rings is 1. The van der Waals surface area contributed by atoms with Gasteiger partial charge in [0.05, 0.1) is 0 Å². The molecule has 4 heteroatoms. The molecule has 76 valence electrons. The van der Waals surface area contributed by atoms with E-state index in [1.165, 1.54) is 0 Å². The molecule has 1 aromatic rings. The Labute approximate surface area is 82.1 Å². The highest BCUT2D eigenvalue weighted by atomic mass is 16.7. The molecule has 0 amide bonds. The normalized spacial score (nSPS) is 11.6. The monoisotopic (exact) mass is 196 g/mol. The largest absolute Gasteiger partial charge is 0.454 e. The highest BCUT2D eigenvalue weighted by Gasteiger charge is 2.12. The molecule has 1 aliphatic rings. The van der Waals surface area contributed by atoms with Crippen molar-refractivity contribution >= 4 is 6.29 Å². The van der Waals surface area contributed by atoms with Crippen molar-refractivity contribution in [1.82, 2.24) is 0 Å². The molecule has 1 N–H and O–H groups in total. The molecular weight excluding hydrogens is 184 g/mol. The quantitative estimate of drug-likeness (QED) is 0.686. The van der Waals surface area contributed by atoms with Gasteiger partial charge in [0.1, 0.15) is 6.29 Å². The molecule has 0 radical (unpaired) electrons. The maximum absolute atomic E-state index is 10.3. The van der Waals surface area contributed by atoms with E-state index in [9.17, 15) is 4.79 Å². The number of carbonyl (C=O) groups is 1. The van der Waals surface area contributed by atoms with Gasteiger partial charge in [-0.1, -0.05) is 0 Å². The molecule has 0 saturated heterocycles. The summed E-state index contributed by atoms with van der Waals surface area (Å²) in [6.07, 6.45) is 0.780. The van der Waals surface area contributed by atoms with E-state index >= 15 is 0 Å². The molecule has 2 rings (SSSR count). The Bertz CT molecular complexity index is 309. The van der Waals surface area contributed by atoms with Gasteiger partial charge in [-0.05, 0) is 25.1 Å². The van der Waals surface area contributed by atoms with E-state index < -0.39 is 0 Å². The number of hydrogen-bond acceptors (Lipinski definition) is 4. The van der Waals surface area contributed by atoms with Crippen molar-refractivity contribution in [2.24, 2.45) is 0 Å². The molecule has 1 aliphatic heterocycles. The Morgan fingerprint density at radius 3 is 2.71 bits per heavy atom. The van der Waals surface area contributed by atoms with Crippen LogP contribution >= 0.6 is 0 Å². The lowest BCUT2D eigenvalue weighted by Gasteiger charge is -1.94. The van der Waals surface area contributed by atoms with Gasteiger partial charge in [-0.25, -0.2) is 0 Å². The van der Waals surface area contributed by atoms with E-state index in [2.05, 4.69) is 0 Å². The fraction of sp³-hybridized carbons (Fsp3) is 0.300. The molecule has 0 aromatic heterocycles. The van der Waals surface area contributed by atoms with Gasteiger partial charge in [0.15, 0.2) is 11.5 Å².